The molecule has 1 atom stereocenters. The number of nitrogen functional groups attached to an aromatic ring is 1. The number of aryl methyl sites for hydroxylation is 1. The molecule has 4 nitrogen and oxygen atoms in total. The lowest BCUT2D eigenvalue weighted by molar-refractivity contribution is -0.123. The fourth-order valence-electron chi connectivity index (χ4n) is 1.92. The summed E-state index contributed by atoms with van der Waals surface area (Å²) in [4.78, 5) is 11.6. The number of hydrogen-bond acceptors (Lipinski definition) is 3. The standard InChI is InChI=1S/C12H16FN3O/c1-7-5-11(9(14)6-8(7)13)16-10-3-2-4-15-12(10)17/h5-6,10,16H,2-4,14H2,1H3,(H,15,17). The molecule has 17 heavy (non-hydrogen) atoms. The summed E-state index contributed by atoms with van der Waals surface area (Å²) in [6, 6.07) is 2.63. The SMILES string of the molecule is Cc1cc(NC2CCCNC2=O)c(N)cc1F. The van der Waals surface area contributed by atoms with E-state index in [0.717, 1.165) is 19.4 Å². The van der Waals surface area contributed by atoms with Crippen molar-refractivity contribution in [2.75, 3.05) is 17.6 Å². The zero-order chi connectivity index (χ0) is 12.4. The Morgan fingerprint density at radius 1 is 1.53 bits per heavy atom. The Kier molecular flexibility index (Phi) is 3.17. The topological polar surface area (TPSA) is 67.1 Å². The minimum Gasteiger partial charge on any atom is -0.397 e. The molecule has 1 heterocycles. The minimum atomic E-state index is -0.332. The van der Waals surface area contributed by atoms with Gasteiger partial charge in [-0.15, -0.1) is 0 Å². The Morgan fingerprint density at radius 3 is 3.00 bits per heavy atom. The van der Waals surface area contributed by atoms with Crippen molar-refractivity contribution in [1.29, 1.82) is 0 Å². The molecule has 4 N–H and O–H groups in total. The average Bonchev–Trinajstić information content (AvgIpc) is 2.29. The number of amides is 1. The molecule has 1 saturated heterocycles. The van der Waals surface area contributed by atoms with Crippen LogP contribution in [0.5, 0.6) is 0 Å². The molecule has 0 aromatic heterocycles. The third-order valence-electron chi connectivity index (χ3n) is 2.95. The van der Waals surface area contributed by atoms with Crippen molar-refractivity contribution < 1.29 is 9.18 Å². The molecule has 1 unspecified atom stereocenters. The van der Waals surface area contributed by atoms with Gasteiger partial charge in [0, 0.05) is 6.54 Å². The quantitative estimate of drug-likeness (QED) is 0.681. The smallest absolute Gasteiger partial charge is 0.242 e. The van der Waals surface area contributed by atoms with Crippen molar-refractivity contribution in [1.82, 2.24) is 5.32 Å². The fourth-order valence-corrected chi connectivity index (χ4v) is 1.92. The predicted molar refractivity (Wildman–Crippen MR) is 65.2 cm³/mol. The molecule has 2 rings (SSSR count). The van der Waals surface area contributed by atoms with Crippen molar-refractivity contribution in [3.63, 3.8) is 0 Å². The normalized spacial score (nSPS) is 19.9. The molecular weight excluding hydrogens is 221 g/mol. The molecule has 0 radical (unpaired) electrons. The van der Waals surface area contributed by atoms with Gasteiger partial charge in [-0.05, 0) is 37.5 Å². The van der Waals surface area contributed by atoms with Crippen LogP contribution in [-0.4, -0.2) is 18.5 Å². The van der Waals surface area contributed by atoms with Crippen LogP contribution in [-0.2, 0) is 4.79 Å². The number of benzene rings is 1. The number of nitrogens with two attached hydrogens (primary N) is 1. The van der Waals surface area contributed by atoms with Crippen molar-refractivity contribution in [2.45, 2.75) is 25.8 Å². The van der Waals surface area contributed by atoms with E-state index in [0.29, 0.717) is 16.9 Å². The summed E-state index contributed by atoms with van der Waals surface area (Å²) < 4.78 is 13.2. The summed E-state index contributed by atoms with van der Waals surface area (Å²) in [5.41, 5.74) is 7.17. The van der Waals surface area contributed by atoms with E-state index in [-0.39, 0.29) is 17.8 Å². The van der Waals surface area contributed by atoms with E-state index < -0.39 is 0 Å². The van der Waals surface area contributed by atoms with Crippen LogP contribution in [0.3, 0.4) is 0 Å². The molecule has 1 aliphatic heterocycles. The maximum Gasteiger partial charge on any atom is 0.242 e. The zero-order valence-corrected chi connectivity index (χ0v) is 9.72. The Labute approximate surface area is 99.4 Å². The number of piperidine rings is 1. The zero-order valence-electron chi connectivity index (χ0n) is 9.72. The summed E-state index contributed by atoms with van der Waals surface area (Å²) >= 11 is 0. The van der Waals surface area contributed by atoms with Gasteiger partial charge in [-0.3, -0.25) is 4.79 Å². The lowest BCUT2D eigenvalue weighted by Crippen LogP contribution is -2.44. The van der Waals surface area contributed by atoms with E-state index in [1.165, 1.54) is 6.07 Å². The highest BCUT2D eigenvalue weighted by atomic mass is 19.1. The molecule has 1 aliphatic rings. The van der Waals surface area contributed by atoms with E-state index in [1.54, 1.807) is 13.0 Å². The highest BCUT2D eigenvalue weighted by Crippen LogP contribution is 2.24. The molecular formula is C12H16FN3O. The Hall–Kier alpha value is -1.78. The van der Waals surface area contributed by atoms with Crippen LogP contribution in [0.25, 0.3) is 0 Å². The monoisotopic (exact) mass is 237 g/mol. The van der Waals surface area contributed by atoms with E-state index in [9.17, 15) is 9.18 Å². The Bertz CT molecular complexity index is 448. The second-order valence-electron chi connectivity index (χ2n) is 4.32. The second kappa shape index (κ2) is 4.61. The van der Waals surface area contributed by atoms with Gasteiger partial charge in [0.25, 0.3) is 0 Å². The van der Waals surface area contributed by atoms with Gasteiger partial charge in [0.1, 0.15) is 11.9 Å². The van der Waals surface area contributed by atoms with Gasteiger partial charge in [0.2, 0.25) is 5.91 Å². The van der Waals surface area contributed by atoms with Crippen LogP contribution in [0.2, 0.25) is 0 Å². The lowest BCUT2D eigenvalue weighted by Gasteiger charge is -2.24. The van der Waals surface area contributed by atoms with Gasteiger partial charge in [-0.2, -0.15) is 0 Å². The maximum atomic E-state index is 13.2. The van der Waals surface area contributed by atoms with Crippen LogP contribution >= 0.6 is 0 Å². The molecule has 1 aromatic rings. The molecule has 0 saturated carbocycles. The first kappa shape index (κ1) is 11.7. The summed E-state index contributed by atoms with van der Waals surface area (Å²) in [7, 11) is 0. The minimum absolute atomic E-state index is 0.0300. The number of carbonyl (C=O) groups excluding carboxylic acids is 1. The van der Waals surface area contributed by atoms with Gasteiger partial charge < -0.3 is 16.4 Å². The molecule has 0 bridgehead atoms. The van der Waals surface area contributed by atoms with Crippen molar-refractivity contribution in [3.05, 3.63) is 23.5 Å². The number of halogens is 1. The van der Waals surface area contributed by atoms with E-state index in [4.69, 9.17) is 5.73 Å². The van der Waals surface area contributed by atoms with Crippen LogP contribution in [0.1, 0.15) is 18.4 Å². The summed E-state index contributed by atoms with van der Waals surface area (Å²) in [6.07, 6.45) is 1.70. The second-order valence-corrected chi connectivity index (χ2v) is 4.32. The predicted octanol–water partition coefficient (Wildman–Crippen LogP) is 1.41. The van der Waals surface area contributed by atoms with Crippen LogP contribution in [0.4, 0.5) is 15.8 Å². The Balaban J connectivity index is 2.17. The van der Waals surface area contributed by atoms with E-state index in [1.807, 2.05) is 0 Å². The molecule has 1 amide bonds. The molecule has 92 valence electrons. The van der Waals surface area contributed by atoms with E-state index in [2.05, 4.69) is 10.6 Å². The number of nitrogens with one attached hydrogen (secondary N) is 2. The molecule has 0 aliphatic carbocycles. The van der Waals surface area contributed by atoms with Crippen LogP contribution in [0.15, 0.2) is 12.1 Å². The van der Waals surface area contributed by atoms with Crippen molar-refractivity contribution >= 4 is 17.3 Å². The number of carbonyl (C=O) groups is 1. The highest BCUT2D eigenvalue weighted by Gasteiger charge is 2.22. The Morgan fingerprint density at radius 2 is 2.29 bits per heavy atom. The first-order valence-electron chi connectivity index (χ1n) is 5.68. The molecule has 5 heteroatoms. The van der Waals surface area contributed by atoms with Gasteiger partial charge in [0.05, 0.1) is 11.4 Å². The van der Waals surface area contributed by atoms with Gasteiger partial charge in [-0.1, -0.05) is 0 Å². The number of hydrogen-bond donors (Lipinski definition) is 3. The van der Waals surface area contributed by atoms with Crippen LogP contribution < -0.4 is 16.4 Å². The maximum absolute atomic E-state index is 13.2. The van der Waals surface area contributed by atoms with Gasteiger partial charge in [-0.25, -0.2) is 4.39 Å². The van der Waals surface area contributed by atoms with Crippen molar-refractivity contribution in [3.8, 4) is 0 Å². The summed E-state index contributed by atoms with van der Waals surface area (Å²) in [6.45, 7) is 2.38. The largest absolute Gasteiger partial charge is 0.397 e. The average molecular weight is 237 g/mol. The number of rotatable bonds is 2. The first-order valence-corrected chi connectivity index (χ1v) is 5.68. The molecule has 1 fully saturated rings. The fraction of sp³-hybridized carbons (Fsp3) is 0.417. The van der Waals surface area contributed by atoms with E-state index >= 15 is 0 Å². The lowest BCUT2D eigenvalue weighted by atomic mass is 10.1. The van der Waals surface area contributed by atoms with Gasteiger partial charge >= 0.3 is 0 Å². The first-order chi connectivity index (χ1) is 8.08. The summed E-state index contributed by atoms with van der Waals surface area (Å²) in [5.74, 6) is -0.362. The number of anilines is 2. The third kappa shape index (κ3) is 2.49. The van der Waals surface area contributed by atoms with Gasteiger partial charge in [0.15, 0.2) is 0 Å². The summed E-state index contributed by atoms with van der Waals surface area (Å²) in [5, 5.41) is 5.84. The molecule has 0 spiro atoms. The van der Waals surface area contributed by atoms with Crippen molar-refractivity contribution in [2.24, 2.45) is 0 Å². The van der Waals surface area contributed by atoms with Crippen LogP contribution in [0, 0.1) is 12.7 Å². The molecule has 1 aromatic carbocycles. The third-order valence-corrected chi connectivity index (χ3v) is 2.95. The highest BCUT2D eigenvalue weighted by molar-refractivity contribution is 5.86.